The van der Waals surface area contributed by atoms with E-state index in [0.717, 1.165) is 5.69 Å². The van der Waals surface area contributed by atoms with E-state index >= 15 is 0 Å². The smallest absolute Gasteiger partial charge is 0.248 e. The van der Waals surface area contributed by atoms with Gasteiger partial charge in [-0.1, -0.05) is 6.07 Å². The fourth-order valence-corrected chi connectivity index (χ4v) is 1.07. The number of benzene rings is 1. The fourth-order valence-electron chi connectivity index (χ4n) is 0.851. The van der Waals surface area contributed by atoms with Crippen molar-refractivity contribution >= 4 is 27.7 Å². The molecule has 2 N–H and O–H groups in total. The van der Waals surface area contributed by atoms with Gasteiger partial charge in [0.15, 0.2) is 0 Å². The highest BCUT2D eigenvalue weighted by atomic mass is 79.9. The molecule has 0 fully saturated rings. The van der Waals surface area contributed by atoms with Crippen LogP contribution < -0.4 is 9.66 Å². The number of halogens is 1. The van der Waals surface area contributed by atoms with E-state index in [-0.39, 0.29) is 0 Å². The van der Waals surface area contributed by atoms with Crippen molar-refractivity contribution in [1.82, 2.24) is 0 Å². The highest BCUT2D eigenvalue weighted by molar-refractivity contribution is 9.10. The van der Waals surface area contributed by atoms with Crippen LogP contribution in [0.5, 0.6) is 0 Å². The highest BCUT2D eigenvalue weighted by Gasteiger charge is 2.02. The van der Waals surface area contributed by atoms with Crippen LogP contribution in [0, 0.1) is 0 Å². The lowest BCUT2D eigenvalue weighted by molar-refractivity contribution is 0.100. The predicted molar refractivity (Wildman–Crippen MR) is 52.3 cm³/mol. The first-order chi connectivity index (χ1) is 5.61. The number of rotatable bonds is 2. The van der Waals surface area contributed by atoms with Crippen LogP contribution in [0.3, 0.4) is 0 Å². The summed E-state index contributed by atoms with van der Waals surface area (Å²) in [6.45, 7) is 0. The Morgan fingerprint density at radius 3 is 2.75 bits per heavy atom. The zero-order valence-corrected chi connectivity index (χ0v) is 8.21. The summed E-state index contributed by atoms with van der Waals surface area (Å²) in [6, 6.07) is 7.06. The first kappa shape index (κ1) is 9.06. The molecule has 0 aliphatic rings. The summed E-state index contributed by atoms with van der Waals surface area (Å²) in [5, 5.41) is 0. The molecule has 0 bridgehead atoms. The predicted octanol–water partition coefficient (Wildman–Crippen LogP) is 1.53. The molecule has 0 aromatic heterocycles. The summed E-state index contributed by atoms with van der Waals surface area (Å²) in [7, 11) is 1.83. The Labute approximate surface area is 79.5 Å². The van der Waals surface area contributed by atoms with E-state index in [1.165, 1.54) is 0 Å². The van der Waals surface area contributed by atoms with Crippen molar-refractivity contribution < 1.29 is 4.79 Å². The lowest BCUT2D eigenvalue weighted by Crippen LogP contribution is -2.11. The minimum absolute atomic E-state index is 0.411. The van der Waals surface area contributed by atoms with Crippen molar-refractivity contribution in [1.29, 1.82) is 0 Å². The number of nitrogens with two attached hydrogens (primary N) is 1. The third-order valence-electron chi connectivity index (χ3n) is 1.49. The summed E-state index contributed by atoms with van der Waals surface area (Å²) in [6.07, 6.45) is 0. The van der Waals surface area contributed by atoms with Crippen molar-refractivity contribution in [2.45, 2.75) is 0 Å². The minimum Gasteiger partial charge on any atom is -0.366 e. The molecule has 0 radical (unpaired) electrons. The average Bonchev–Trinajstić information content (AvgIpc) is 2.04. The van der Waals surface area contributed by atoms with Crippen molar-refractivity contribution in [3.8, 4) is 0 Å². The molecule has 3 nitrogen and oxygen atoms in total. The number of anilines is 1. The monoisotopic (exact) mass is 228 g/mol. The third-order valence-corrected chi connectivity index (χ3v) is 1.90. The van der Waals surface area contributed by atoms with E-state index in [1.807, 2.05) is 13.1 Å². The first-order valence-electron chi connectivity index (χ1n) is 3.40. The Bertz CT molecular complexity index is 299. The van der Waals surface area contributed by atoms with Gasteiger partial charge in [-0.25, -0.2) is 0 Å². The zero-order valence-electron chi connectivity index (χ0n) is 6.62. The number of hydrogen-bond donors (Lipinski definition) is 1. The molecule has 0 atom stereocenters. The molecule has 0 saturated heterocycles. The van der Waals surface area contributed by atoms with Gasteiger partial charge in [0.25, 0.3) is 0 Å². The van der Waals surface area contributed by atoms with Gasteiger partial charge in [-0.15, -0.1) is 0 Å². The number of primary amides is 1. The maximum absolute atomic E-state index is 10.8. The second-order valence-corrected chi connectivity index (χ2v) is 3.46. The average molecular weight is 229 g/mol. The second kappa shape index (κ2) is 3.58. The van der Waals surface area contributed by atoms with Crippen molar-refractivity contribution in [2.24, 2.45) is 5.73 Å². The van der Waals surface area contributed by atoms with Crippen LogP contribution >= 0.6 is 16.1 Å². The Kier molecular flexibility index (Phi) is 2.70. The molecule has 0 saturated carbocycles. The van der Waals surface area contributed by atoms with Crippen LogP contribution in [0.15, 0.2) is 24.3 Å². The molecule has 0 aliphatic carbocycles. The van der Waals surface area contributed by atoms with Crippen molar-refractivity contribution in [3.63, 3.8) is 0 Å². The molecule has 0 aliphatic heterocycles. The molecule has 1 aromatic rings. The van der Waals surface area contributed by atoms with Gasteiger partial charge in [0.2, 0.25) is 5.91 Å². The number of carbonyl (C=O) groups excluding carboxylic acids is 1. The maximum Gasteiger partial charge on any atom is 0.248 e. The number of hydrogen-bond acceptors (Lipinski definition) is 2. The van der Waals surface area contributed by atoms with E-state index in [1.54, 1.807) is 22.1 Å². The summed E-state index contributed by atoms with van der Waals surface area (Å²) >= 11 is 3.25. The Hall–Kier alpha value is -1.03. The first-order valence-corrected chi connectivity index (χ1v) is 4.11. The van der Waals surface area contributed by atoms with Crippen LogP contribution in [-0.2, 0) is 0 Å². The van der Waals surface area contributed by atoms with Gasteiger partial charge in [0.05, 0.1) is 0 Å². The van der Waals surface area contributed by atoms with E-state index in [2.05, 4.69) is 16.1 Å². The topological polar surface area (TPSA) is 46.3 Å². The molecular formula is C8H9BrN2O. The van der Waals surface area contributed by atoms with Crippen LogP contribution in [-0.4, -0.2) is 13.0 Å². The Morgan fingerprint density at radius 2 is 2.25 bits per heavy atom. The lowest BCUT2D eigenvalue weighted by atomic mass is 10.2. The van der Waals surface area contributed by atoms with Crippen molar-refractivity contribution in [3.05, 3.63) is 29.8 Å². The minimum atomic E-state index is -0.411. The second-order valence-electron chi connectivity index (χ2n) is 2.39. The standard InChI is InChI=1S/C8H9BrN2O/c1-11(9)7-4-2-3-6(5-7)8(10)12/h2-5H,1H3,(H2,10,12). The molecule has 4 heteroatoms. The fraction of sp³-hybridized carbons (Fsp3) is 0.125. The number of carbonyl (C=O) groups is 1. The zero-order chi connectivity index (χ0) is 9.14. The van der Waals surface area contributed by atoms with Gasteiger partial charge >= 0.3 is 0 Å². The normalized spacial score (nSPS) is 9.50. The van der Waals surface area contributed by atoms with E-state index in [4.69, 9.17) is 5.73 Å². The van der Waals surface area contributed by atoms with E-state index in [9.17, 15) is 4.79 Å². The quantitative estimate of drug-likeness (QED) is 0.781. The molecule has 12 heavy (non-hydrogen) atoms. The van der Waals surface area contributed by atoms with E-state index in [0.29, 0.717) is 5.56 Å². The molecule has 1 amide bonds. The van der Waals surface area contributed by atoms with Crippen LogP contribution in [0.2, 0.25) is 0 Å². The highest BCUT2D eigenvalue weighted by Crippen LogP contribution is 2.16. The van der Waals surface area contributed by atoms with Crippen LogP contribution in [0.1, 0.15) is 10.4 Å². The van der Waals surface area contributed by atoms with Crippen LogP contribution in [0.4, 0.5) is 5.69 Å². The Balaban J connectivity index is 3.04. The molecule has 64 valence electrons. The summed E-state index contributed by atoms with van der Waals surface area (Å²) in [4.78, 5) is 10.8. The third kappa shape index (κ3) is 1.98. The summed E-state index contributed by atoms with van der Waals surface area (Å²) < 4.78 is 1.74. The molecular weight excluding hydrogens is 220 g/mol. The molecule has 0 spiro atoms. The number of nitrogens with zero attached hydrogens (tertiary/aromatic N) is 1. The maximum atomic E-state index is 10.8. The van der Waals surface area contributed by atoms with E-state index < -0.39 is 5.91 Å². The lowest BCUT2D eigenvalue weighted by Gasteiger charge is -2.09. The number of amides is 1. The summed E-state index contributed by atoms with van der Waals surface area (Å²) in [5.41, 5.74) is 6.52. The van der Waals surface area contributed by atoms with Gasteiger partial charge in [0.1, 0.15) is 0 Å². The Morgan fingerprint density at radius 1 is 1.58 bits per heavy atom. The van der Waals surface area contributed by atoms with Gasteiger partial charge in [-0.2, -0.15) is 0 Å². The largest absolute Gasteiger partial charge is 0.366 e. The van der Waals surface area contributed by atoms with Gasteiger partial charge < -0.3 is 9.66 Å². The summed E-state index contributed by atoms with van der Waals surface area (Å²) in [5.74, 6) is -0.411. The van der Waals surface area contributed by atoms with Gasteiger partial charge in [0, 0.05) is 34.4 Å². The van der Waals surface area contributed by atoms with Crippen LogP contribution in [0.25, 0.3) is 0 Å². The van der Waals surface area contributed by atoms with Gasteiger partial charge in [-0.3, -0.25) is 4.79 Å². The molecule has 0 heterocycles. The van der Waals surface area contributed by atoms with Crippen molar-refractivity contribution in [2.75, 3.05) is 11.0 Å². The molecule has 1 rings (SSSR count). The van der Waals surface area contributed by atoms with Gasteiger partial charge in [-0.05, 0) is 18.2 Å². The SMILES string of the molecule is CN(Br)c1cccc(C(N)=O)c1. The molecule has 1 aromatic carbocycles. The molecule has 0 unspecified atom stereocenters.